The van der Waals surface area contributed by atoms with Gasteiger partial charge in [-0.05, 0) is 42.6 Å². The Labute approximate surface area is 204 Å². The van der Waals surface area contributed by atoms with Crippen LogP contribution in [0.4, 0.5) is 4.79 Å². The zero-order chi connectivity index (χ0) is 24.8. The molecule has 0 unspecified atom stereocenters. The number of hydrogen-bond acceptors (Lipinski definition) is 5. The van der Waals surface area contributed by atoms with Gasteiger partial charge in [0.15, 0.2) is 0 Å². The first-order valence-corrected chi connectivity index (χ1v) is 12.7. The molecule has 7 heteroatoms. The van der Waals surface area contributed by atoms with Gasteiger partial charge < -0.3 is 14.8 Å². The third kappa shape index (κ3) is 6.51. The standard InChI is InChI=1S/C27H41N3O4/c1-17(2)23(26-28-21(16-33-26)15-20-11-8-7-9-12-20)29-25(31)22-13-10-14-30(22)27(32)34-24(18(3)4)19(5)6/h7-9,11-12,17-19,21-24H,10,13-16H2,1-6H3,(H,29,31)/t21-,22+,23+/m1/s1. The van der Waals surface area contributed by atoms with Gasteiger partial charge in [-0.15, -0.1) is 0 Å². The summed E-state index contributed by atoms with van der Waals surface area (Å²) < 4.78 is 11.8. The molecule has 1 saturated heterocycles. The quantitative estimate of drug-likeness (QED) is 0.577. The zero-order valence-electron chi connectivity index (χ0n) is 21.5. The Morgan fingerprint density at radius 3 is 2.38 bits per heavy atom. The number of aliphatic imine (C=N–C) groups is 1. The number of rotatable bonds is 9. The highest BCUT2D eigenvalue weighted by atomic mass is 16.6. The van der Waals surface area contributed by atoms with Gasteiger partial charge in [0, 0.05) is 6.54 Å². The fourth-order valence-corrected chi connectivity index (χ4v) is 4.84. The fraction of sp³-hybridized carbons (Fsp3) is 0.667. The second kappa shape index (κ2) is 11.7. The Hall–Kier alpha value is -2.57. The highest BCUT2D eigenvalue weighted by molar-refractivity contribution is 5.92. The van der Waals surface area contributed by atoms with E-state index < -0.39 is 12.1 Å². The van der Waals surface area contributed by atoms with Crippen LogP contribution < -0.4 is 5.32 Å². The van der Waals surface area contributed by atoms with E-state index in [9.17, 15) is 9.59 Å². The third-order valence-electron chi connectivity index (χ3n) is 6.62. The topological polar surface area (TPSA) is 80.2 Å². The van der Waals surface area contributed by atoms with E-state index >= 15 is 0 Å². The molecule has 2 aliphatic rings. The third-order valence-corrected chi connectivity index (χ3v) is 6.62. The molecule has 0 saturated carbocycles. The van der Waals surface area contributed by atoms with Crippen molar-refractivity contribution in [1.82, 2.24) is 10.2 Å². The number of nitrogens with one attached hydrogen (secondary N) is 1. The normalized spacial score (nSPS) is 21.2. The lowest BCUT2D eigenvalue weighted by molar-refractivity contribution is -0.126. The number of carbonyl (C=O) groups excluding carboxylic acids is 2. The van der Waals surface area contributed by atoms with Gasteiger partial charge in [0.1, 0.15) is 24.8 Å². The molecule has 188 valence electrons. The van der Waals surface area contributed by atoms with Crippen LogP contribution >= 0.6 is 0 Å². The van der Waals surface area contributed by atoms with Crippen LogP contribution in [0.25, 0.3) is 0 Å². The Kier molecular flexibility index (Phi) is 8.97. The zero-order valence-corrected chi connectivity index (χ0v) is 21.5. The number of hydrogen-bond donors (Lipinski definition) is 1. The first kappa shape index (κ1) is 26.0. The van der Waals surface area contributed by atoms with Crippen molar-refractivity contribution in [3.8, 4) is 0 Å². The lowest BCUT2D eigenvalue weighted by Gasteiger charge is -2.31. The second-order valence-corrected chi connectivity index (χ2v) is 10.5. The minimum atomic E-state index is -0.532. The highest BCUT2D eigenvalue weighted by Gasteiger charge is 2.39. The average molecular weight is 472 g/mol. The summed E-state index contributed by atoms with van der Waals surface area (Å²) in [6.45, 7) is 13.3. The first-order chi connectivity index (χ1) is 16.2. The van der Waals surface area contributed by atoms with Crippen LogP contribution in [-0.2, 0) is 20.7 Å². The van der Waals surface area contributed by atoms with E-state index in [0.717, 1.165) is 12.8 Å². The highest BCUT2D eigenvalue weighted by Crippen LogP contribution is 2.24. The van der Waals surface area contributed by atoms with Gasteiger partial charge in [0.25, 0.3) is 0 Å². The van der Waals surface area contributed by atoms with Gasteiger partial charge >= 0.3 is 6.09 Å². The molecule has 3 rings (SSSR count). The van der Waals surface area contributed by atoms with Crippen molar-refractivity contribution in [3.05, 3.63) is 35.9 Å². The van der Waals surface area contributed by atoms with Crippen LogP contribution in [0.15, 0.2) is 35.3 Å². The SMILES string of the molecule is CC(C)C(OC(=O)N1CCC[C@H]1C(=O)N[C@H](C1=N[C@H](Cc2ccccc2)CO1)C(C)C)C(C)C. The monoisotopic (exact) mass is 471 g/mol. The maximum absolute atomic E-state index is 13.3. The molecule has 0 aliphatic carbocycles. The van der Waals surface area contributed by atoms with Crippen LogP contribution in [0.3, 0.4) is 0 Å². The molecule has 2 heterocycles. The van der Waals surface area contributed by atoms with Crippen LogP contribution in [0.2, 0.25) is 0 Å². The molecule has 0 bridgehead atoms. The number of carbonyl (C=O) groups is 2. The predicted molar refractivity (Wildman–Crippen MR) is 134 cm³/mol. The van der Waals surface area contributed by atoms with Crippen molar-refractivity contribution >= 4 is 17.9 Å². The van der Waals surface area contributed by atoms with Crippen LogP contribution in [-0.4, -0.2) is 60.2 Å². The molecule has 1 aromatic rings. The molecule has 2 amide bonds. The van der Waals surface area contributed by atoms with Crippen LogP contribution in [0.1, 0.15) is 59.9 Å². The van der Waals surface area contributed by atoms with Gasteiger partial charge in [0.05, 0.1) is 6.04 Å². The second-order valence-electron chi connectivity index (χ2n) is 10.5. The molecule has 7 nitrogen and oxygen atoms in total. The molecule has 1 N–H and O–H groups in total. The van der Waals surface area contributed by atoms with E-state index in [1.54, 1.807) is 4.90 Å². The van der Waals surface area contributed by atoms with E-state index in [0.29, 0.717) is 25.5 Å². The average Bonchev–Trinajstić information content (AvgIpc) is 3.45. The van der Waals surface area contributed by atoms with Gasteiger partial charge in [0.2, 0.25) is 11.8 Å². The lowest BCUT2D eigenvalue weighted by Crippen LogP contribution is -2.53. The molecular formula is C27H41N3O4. The van der Waals surface area contributed by atoms with Gasteiger partial charge in [-0.3, -0.25) is 9.69 Å². The van der Waals surface area contributed by atoms with E-state index in [-0.39, 0.29) is 41.8 Å². The molecule has 34 heavy (non-hydrogen) atoms. The lowest BCUT2D eigenvalue weighted by atomic mass is 9.96. The van der Waals surface area contributed by atoms with E-state index in [2.05, 4.69) is 17.4 Å². The molecule has 2 aliphatic heterocycles. The first-order valence-electron chi connectivity index (χ1n) is 12.7. The van der Waals surface area contributed by atoms with Gasteiger partial charge in [-0.1, -0.05) is 71.9 Å². The van der Waals surface area contributed by atoms with Crippen molar-refractivity contribution in [2.24, 2.45) is 22.7 Å². The van der Waals surface area contributed by atoms with Crippen molar-refractivity contribution in [3.63, 3.8) is 0 Å². The molecule has 0 aromatic heterocycles. The summed E-state index contributed by atoms with van der Waals surface area (Å²) in [5.41, 5.74) is 1.22. The summed E-state index contributed by atoms with van der Waals surface area (Å²) in [4.78, 5) is 32.6. The number of ether oxygens (including phenoxy) is 2. The summed E-state index contributed by atoms with van der Waals surface area (Å²) in [6.07, 6.45) is 1.64. The summed E-state index contributed by atoms with van der Waals surface area (Å²) in [7, 11) is 0. The van der Waals surface area contributed by atoms with Crippen molar-refractivity contribution in [1.29, 1.82) is 0 Å². The summed E-state index contributed by atoms with van der Waals surface area (Å²) in [5, 5.41) is 3.12. The number of nitrogens with zero attached hydrogens (tertiary/aromatic N) is 2. The molecular weight excluding hydrogens is 430 g/mol. The van der Waals surface area contributed by atoms with Crippen molar-refractivity contribution in [2.45, 2.75) is 85.0 Å². The Bertz CT molecular complexity index is 845. The van der Waals surface area contributed by atoms with Crippen LogP contribution in [0, 0.1) is 17.8 Å². The predicted octanol–water partition coefficient (Wildman–Crippen LogP) is 4.45. The van der Waals surface area contributed by atoms with Crippen molar-refractivity contribution in [2.75, 3.05) is 13.2 Å². The Morgan fingerprint density at radius 2 is 1.76 bits per heavy atom. The maximum Gasteiger partial charge on any atom is 0.410 e. The number of benzene rings is 1. The van der Waals surface area contributed by atoms with Crippen LogP contribution in [0.5, 0.6) is 0 Å². The summed E-state index contributed by atoms with van der Waals surface area (Å²) in [5.74, 6) is 0.940. The van der Waals surface area contributed by atoms with E-state index in [1.807, 2.05) is 59.7 Å². The molecule has 1 fully saturated rings. The van der Waals surface area contributed by atoms with E-state index in [4.69, 9.17) is 14.5 Å². The maximum atomic E-state index is 13.3. The number of amides is 2. The van der Waals surface area contributed by atoms with Gasteiger partial charge in [-0.25, -0.2) is 9.79 Å². The Morgan fingerprint density at radius 1 is 1.09 bits per heavy atom. The van der Waals surface area contributed by atoms with Gasteiger partial charge in [-0.2, -0.15) is 0 Å². The summed E-state index contributed by atoms with van der Waals surface area (Å²) >= 11 is 0. The summed E-state index contributed by atoms with van der Waals surface area (Å²) in [6, 6.07) is 9.41. The molecule has 0 spiro atoms. The minimum absolute atomic E-state index is 0.0394. The van der Waals surface area contributed by atoms with E-state index in [1.165, 1.54) is 5.56 Å². The number of likely N-dealkylation sites (tertiary alicyclic amines) is 1. The minimum Gasteiger partial charge on any atom is -0.477 e. The molecule has 0 radical (unpaired) electrons. The molecule has 1 aromatic carbocycles. The fourth-order valence-electron chi connectivity index (χ4n) is 4.84. The largest absolute Gasteiger partial charge is 0.477 e. The van der Waals surface area contributed by atoms with Crippen molar-refractivity contribution < 1.29 is 19.1 Å². The smallest absolute Gasteiger partial charge is 0.410 e. The Balaban J connectivity index is 1.64. The molecule has 3 atom stereocenters.